The first-order chi connectivity index (χ1) is 17.1. The number of hydrogen-bond acceptors (Lipinski definition) is 9. The summed E-state index contributed by atoms with van der Waals surface area (Å²) in [5.41, 5.74) is 0.159. The van der Waals surface area contributed by atoms with Gasteiger partial charge < -0.3 is 34.4 Å². The lowest BCUT2D eigenvalue weighted by atomic mass is 9.79. The van der Waals surface area contributed by atoms with Gasteiger partial charge in [0.25, 0.3) is 0 Å². The van der Waals surface area contributed by atoms with Gasteiger partial charge in [-0.25, -0.2) is 9.59 Å². The van der Waals surface area contributed by atoms with Crippen LogP contribution >= 0.6 is 24.0 Å². The van der Waals surface area contributed by atoms with Gasteiger partial charge in [-0.2, -0.15) is 0 Å². The average Bonchev–Trinajstić information content (AvgIpc) is 3.04. The number of thioether (sulfide) groups is 1. The van der Waals surface area contributed by atoms with Gasteiger partial charge in [0.05, 0.1) is 18.1 Å². The van der Waals surface area contributed by atoms with Gasteiger partial charge in [-0.15, -0.1) is 11.8 Å². The van der Waals surface area contributed by atoms with Crippen molar-refractivity contribution in [1.82, 2.24) is 15.1 Å². The van der Waals surface area contributed by atoms with Crippen molar-refractivity contribution in [2.45, 2.75) is 82.7 Å². The molecular formula is C24H35N3O7S2. The fraction of sp³-hybridized carbons (Fsp3) is 0.750. The van der Waals surface area contributed by atoms with Crippen molar-refractivity contribution in [2.24, 2.45) is 11.8 Å². The van der Waals surface area contributed by atoms with Gasteiger partial charge in [0.15, 0.2) is 5.11 Å². The predicted molar refractivity (Wildman–Crippen MR) is 137 cm³/mol. The number of nitrogens with one attached hydrogen (secondary N) is 1. The third kappa shape index (κ3) is 5.45. The van der Waals surface area contributed by atoms with Gasteiger partial charge in [0.1, 0.15) is 11.8 Å². The summed E-state index contributed by atoms with van der Waals surface area (Å²) in [4.78, 5) is 42.5. The molecule has 2 N–H and O–H groups in total. The van der Waals surface area contributed by atoms with Crippen molar-refractivity contribution in [1.29, 1.82) is 0 Å². The number of carbonyl (C=O) groups is 3. The van der Waals surface area contributed by atoms with Gasteiger partial charge in [-0.3, -0.25) is 4.79 Å². The Morgan fingerprint density at radius 1 is 1.19 bits per heavy atom. The second kappa shape index (κ2) is 11.1. The van der Waals surface area contributed by atoms with Crippen LogP contribution < -0.4 is 5.32 Å². The molecule has 0 radical (unpaired) electrons. The van der Waals surface area contributed by atoms with E-state index in [-0.39, 0.29) is 34.9 Å². The molecule has 10 nitrogen and oxygen atoms in total. The molecular weight excluding hydrogens is 506 g/mol. The number of aliphatic hydroxyl groups excluding tert-OH is 1. The molecule has 2 unspecified atom stereocenters. The molecule has 1 amide bonds. The van der Waals surface area contributed by atoms with E-state index in [0.717, 1.165) is 37.0 Å². The SMILES string of the molecule is CC(OC(=O)OC1CCCCC1)OC(=O)C1=C(SC2CNC(=S)N(C)C2)[C@H](C)[C@@H]2[C@@H]([C@@H](C)O)C(=O)N12. The summed E-state index contributed by atoms with van der Waals surface area (Å²) in [6.07, 6.45) is 1.67. The lowest BCUT2D eigenvalue weighted by Gasteiger charge is -2.46. The monoisotopic (exact) mass is 541 g/mol. The maximum Gasteiger partial charge on any atom is 0.511 e. The van der Waals surface area contributed by atoms with Gasteiger partial charge >= 0.3 is 12.1 Å². The fourth-order valence-electron chi connectivity index (χ4n) is 5.43. The Labute approximate surface area is 221 Å². The summed E-state index contributed by atoms with van der Waals surface area (Å²) in [5, 5.41) is 14.1. The Morgan fingerprint density at radius 3 is 2.53 bits per heavy atom. The summed E-state index contributed by atoms with van der Waals surface area (Å²) < 4.78 is 16.0. The number of hydrogen-bond donors (Lipinski definition) is 2. The van der Waals surface area contributed by atoms with Crippen LogP contribution in [0, 0.1) is 11.8 Å². The third-order valence-corrected chi connectivity index (χ3v) is 9.18. The molecule has 1 aliphatic carbocycles. The number of thiocarbonyl (C=S) groups is 1. The van der Waals surface area contributed by atoms with Crippen LogP contribution in [0.15, 0.2) is 10.6 Å². The van der Waals surface area contributed by atoms with Crippen molar-refractivity contribution in [3.05, 3.63) is 10.6 Å². The van der Waals surface area contributed by atoms with Crippen molar-refractivity contribution >= 4 is 47.1 Å². The molecule has 2 saturated heterocycles. The van der Waals surface area contributed by atoms with Crippen LogP contribution in [0.2, 0.25) is 0 Å². The van der Waals surface area contributed by atoms with E-state index in [2.05, 4.69) is 5.32 Å². The highest BCUT2D eigenvalue weighted by Crippen LogP contribution is 2.51. The first-order valence-corrected chi connectivity index (χ1v) is 13.9. The van der Waals surface area contributed by atoms with E-state index in [4.69, 9.17) is 26.4 Å². The van der Waals surface area contributed by atoms with Gasteiger partial charge in [-0.1, -0.05) is 13.3 Å². The highest BCUT2D eigenvalue weighted by Gasteiger charge is 2.60. The minimum absolute atomic E-state index is 0.0832. The van der Waals surface area contributed by atoms with Crippen molar-refractivity contribution in [2.75, 3.05) is 20.1 Å². The Morgan fingerprint density at radius 2 is 1.89 bits per heavy atom. The van der Waals surface area contributed by atoms with Crippen LogP contribution in [-0.4, -0.2) is 88.0 Å². The Kier molecular flexibility index (Phi) is 8.35. The molecule has 4 rings (SSSR count). The number of rotatable bonds is 7. The van der Waals surface area contributed by atoms with E-state index < -0.39 is 30.4 Å². The minimum atomic E-state index is -1.19. The van der Waals surface area contributed by atoms with Crippen LogP contribution in [-0.2, 0) is 23.8 Å². The summed E-state index contributed by atoms with van der Waals surface area (Å²) in [6, 6.07) is -0.328. The maximum absolute atomic E-state index is 13.3. The van der Waals surface area contributed by atoms with Crippen LogP contribution in [0.1, 0.15) is 52.9 Å². The molecule has 12 heteroatoms. The Hall–Kier alpha value is -2.05. The van der Waals surface area contributed by atoms with E-state index >= 15 is 0 Å². The second-order valence-corrected chi connectivity index (χ2v) is 11.7. The largest absolute Gasteiger partial charge is 0.511 e. The number of esters is 1. The zero-order valence-electron chi connectivity index (χ0n) is 21.1. The number of ether oxygens (including phenoxy) is 3. The highest BCUT2D eigenvalue weighted by atomic mass is 32.2. The molecule has 36 heavy (non-hydrogen) atoms. The topological polar surface area (TPSA) is 118 Å². The molecule has 200 valence electrons. The highest BCUT2D eigenvalue weighted by molar-refractivity contribution is 8.03. The molecule has 0 aromatic rings. The molecule has 1 saturated carbocycles. The third-order valence-electron chi connectivity index (χ3n) is 7.25. The first-order valence-electron chi connectivity index (χ1n) is 12.6. The summed E-state index contributed by atoms with van der Waals surface area (Å²) in [5.74, 6) is -1.80. The number of nitrogens with zero attached hydrogens (tertiary/aromatic N) is 2. The van der Waals surface area contributed by atoms with E-state index in [9.17, 15) is 19.5 Å². The second-order valence-electron chi connectivity index (χ2n) is 9.99. The molecule has 6 atom stereocenters. The lowest BCUT2D eigenvalue weighted by Crippen LogP contribution is -2.63. The molecule has 3 heterocycles. The Balaban J connectivity index is 1.46. The zero-order chi connectivity index (χ0) is 26.1. The fourth-order valence-corrected chi connectivity index (χ4v) is 7.06. The standard InChI is InChI=1S/C24H35N3O7S2/c1-12-18-17(13(2)28)21(29)27(18)19(20(12)36-16-10-25-23(35)26(4)11-16)22(30)32-14(3)33-24(31)34-15-8-6-5-7-9-15/h12-18,28H,5-11H2,1-4H3,(H,25,35)/t12-,13-,14?,16?,17-,18-/m1/s1. The molecule has 3 aliphatic heterocycles. The quantitative estimate of drug-likeness (QED) is 0.214. The van der Waals surface area contributed by atoms with Crippen LogP contribution in [0.5, 0.6) is 0 Å². The van der Waals surface area contributed by atoms with Crippen LogP contribution in [0.4, 0.5) is 4.79 Å². The summed E-state index contributed by atoms with van der Waals surface area (Å²) in [7, 11) is 1.90. The number of β-lactam (4-membered cyclic amide) rings is 1. The van der Waals surface area contributed by atoms with Crippen molar-refractivity contribution < 1.29 is 33.7 Å². The number of aliphatic hydroxyl groups is 1. The first kappa shape index (κ1) is 27.0. The van der Waals surface area contributed by atoms with Gasteiger partial charge in [-0.05, 0) is 44.8 Å². The average molecular weight is 542 g/mol. The lowest BCUT2D eigenvalue weighted by molar-refractivity contribution is -0.174. The molecule has 0 bridgehead atoms. The summed E-state index contributed by atoms with van der Waals surface area (Å²) >= 11 is 6.79. The van der Waals surface area contributed by atoms with Gasteiger partial charge in [0.2, 0.25) is 12.2 Å². The molecule has 0 aromatic carbocycles. The molecule has 3 fully saturated rings. The maximum atomic E-state index is 13.3. The Bertz CT molecular complexity index is 937. The number of fused-ring (bicyclic) bond motifs is 1. The van der Waals surface area contributed by atoms with Crippen LogP contribution in [0.3, 0.4) is 0 Å². The molecule has 0 aromatic heterocycles. The number of amides is 1. The zero-order valence-corrected chi connectivity index (χ0v) is 22.7. The van der Waals surface area contributed by atoms with E-state index in [0.29, 0.717) is 18.2 Å². The van der Waals surface area contributed by atoms with Crippen molar-refractivity contribution in [3.8, 4) is 0 Å². The van der Waals surface area contributed by atoms with Crippen LogP contribution in [0.25, 0.3) is 0 Å². The van der Waals surface area contributed by atoms with E-state index in [1.54, 1.807) is 6.92 Å². The van der Waals surface area contributed by atoms with Gasteiger partial charge in [0, 0.05) is 43.1 Å². The molecule has 0 spiro atoms. The minimum Gasteiger partial charge on any atom is -0.431 e. The van der Waals surface area contributed by atoms with E-state index in [1.807, 2.05) is 18.9 Å². The smallest absolute Gasteiger partial charge is 0.431 e. The predicted octanol–water partition coefficient (Wildman–Crippen LogP) is 2.35. The number of carbonyl (C=O) groups excluding carboxylic acids is 3. The molecule has 4 aliphatic rings. The normalized spacial score (nSPS) is 30.2. The summed E-state index contributed by atoms with van der Waals surface area (Å²) in [6.45, 7) is 6.29. The van der Waals surface area contributed by atoms with E-state index in [1.165, 1.54) is 23.6 Å². The van der Waals surface area contributed by atoms with Crippen molar-refractivity contribution in [3.63, 3.8) is 0 Å².